The second-order valence-corrected chi connectivity index (χ2v) is 6.58. The normalized spacial score (nSPS) is 16.1. The third kappa shape index (κ3) is 3.11. The van der Waals surface area contributed by atoms with Crippen LogP contribution in [0.3, 0.4) is 0 Å². The van der Waals surface area contributed by atoms with Crippen LogP contribution in [0.2, 0.25) is 0 Å². The van der Waals surface area contributed by atoms with Gasteiger partial charge in [0.1, 0.15) is 5.82 Å². The minimum Gasteiger partial charge on any atom is -0.462 e. The zero-order chi connectivity index (χ0) is 18.1. The number of hydrogen-bond donors (Lipinski definition) is 0. The Hall–Kier alpha value is -2.43. The van der Waals surface area contributed by atoms with Gasteiger partial charge in [0.2, 0.25) is 5.78 Å². The Morgan fingerprint density at radius 1 is 1.32 bits per heavy atom. The molecule has 0 radical (unpaired) electrons. The topological polar surface area (TPSA) is 48.3 Å². The van der Waals surface area contributed by atoms with E-state index in [0.29, 0.717) is 25.1 Å². The van der Waals surface area contributed by atoms with E-state index in [-0.39, 0.29) is 29.3 Å². The summed E-state index contributed by atoms with van der Waals surface area (Å²) in [7, 11) is 0. The number of nitrogens with zero attached hydrogens (tertiary/aromatic N) is 1. The van der Waals surface area contributed by atoms with Crippen molar-refractivity contribution >= 4 is 11.8 Å². The number of carbonyl (C=O) groups excluding carboxylic acids is 2. The third-order valence-electron chi connectivity index (χ3n) is 4.56. The van der Waals surface area contributed by atoms with E-state index in [0.717, 1.165) is 11.3 Å². The number of hydrogen-bond acceptors (Lipinski definition) is 3. The second-order valence-electron chi connectivity index (χ2n) is 6.58. The number of rotatable bonds is 5. The van der Waals surface area contributed by atoms with Crippen LogP contribution >= 0.6 is 0 Å². The lowest BCUT2D eigenvalue weighted by atomic mass is 10.0. The highest BCUT2D eigenvalue weighted by Gasteiger charge is 2.35. The number of carbonyl (C=O) groups is 2. The van der Waals surface area contributed by atoms with Crippen molar-refractivity contribution in [1.82, 2.24) is 4.57 Å². The first-order chi connectivity index (χ1) is 11.9. The highest BCUT2D eigenvalue weighted by molar-refractivity contribution is 6.09. The molecule has 1 aromatic heterocycles. The molecule has 132 valence electrons. The summed E-state index contributed by atoms with van der Waals surface area (Å²) in [4.78, 5) is 25.3. The molecule has 1 unspecified atom stereocenters. The number of halogens is 1. The molecule has 0 fully saturated rings. The summed E-state index contributed by atoms with van der Waals surface area (Å²) >= 11 is 0. The Morgan fingerprint density at radius 3 is 2.68 bits per heavy atom. The van der Waals surface area contributed by atoms with E-state index in [9.17, 15) is 14.0 Å². The zero-order valence-corrected chi connectivity index (χ0v) is 14.7. The highest BCUT2D eigenvalue weighted by atomic mass is 19.1. The molecule has 1 aliphatic heterocycles. The van der Waals surface area contributed by atoms with Crippen molar-refractivity contribution in [3.05, 3.63) is 58.7 Å². The van der Waals surface area contributed by atoms with Gasteiger partial charge in [0.25, 0.3) is 0 Å². The Balaban J connectivity index is 2.02. The van der Waals surface area contributed by atoms with Crippen LogP contribution in [-0.4, -0.2) is 22.4 Å². The Morgan fingerprint density at radius 2 is 2.04 bits per heavy atom. The summed E-state index contributed by atoms with van der Waals surface area (Å²) in [5.41, 5.74) is 2.18. The lowest BCUT2D eigenvalue weighted by Crippen LogP contribution is -2.18. The molecule has 0 saturated carbocycles. The number of ether oxygens (including phenoxy) is 1. The maximum Gasteiger partial charge on any atom is 0.315 e. The molecule has 0 spiro atoms. The van der Waals surface area contributed by atoms with Gasteiger partial charge < -0.3 is 9.30 Å². The van der Waals surface area contributed by atoms with E-state index < -0.39 is 5.82 Å². The number of benzene rings is 1. The lowest BCUT2D eigenvalue weighted by Gasteiger charge is -2.12. The lowest BCUT2D eigenvalue weighted by molar-refractivity contribution is -0.149. The van der Waals surface area contributed by atoms with Crippen LogP contribution in [-0.2, 0) is 22.5 Å². The molecule has 2 heterocycles. The van der Waals surface area contributed by atoms with Crippen LogP contribution in [0.4, 0.5) is 4.39 Å². The van der Waals surface area contributed by atoms with Gasteiger partial charge in [-0.1, -0.05) is 19.1 Å². The molecule has 4 nitrogen and oxygen atoms in total. The number of esters is 1. The SMILES string of the molecule is CCc1cc2n(c1C(=O)c1ccccc1F)CCC2C(=O)OC(C)C. The molecule has 0 saturated heterocycles. The van der Waals surface area contributed by atoms with E-state index in [4.69, 9.17) is 4.74 Å². The molecule has 0 bridgehead atoms. The molecular weight excluding hydrogens is 321 g/mol. The van der Waals surface area contributed by atoms with Gasteiger partial charge in [-0.2, -0.15) is 0 Å². The van der Waals surface area contributed by atoms with Crippen molar-refractivity contribution < 1.29 is 18.7 Å². The van der Waals surface area contributed by atoms with Gasteiger partial charge in [-0.05, 0) is 50.5 Å². The zero-order valence-electron chi connectivity index (χ0n) is 14.7. The Labute approximate surface area is 146 Å². The average molecular weight is 343 g/mol. The first kappa shape index (κ1) is 17.4. The van der Waals surface area contributed by atoms with Crippen LogP contribution in [0.25, 0.3) is 0 Å². The van der Waals surface area contributed by atoms with Crippen molar-refractivity contribution in [2.24, 2.45) is 0 Å². The molecule has 3 rings (SSSR count). The van der Waals surface area contributed by atoms with Gasteiger partial charge in [-0.25, -0.2) is 4.39 Å². The molecule has 1 aromatic carbocycles. The molecule has 0 N–H and O–H groups in total. The van der Waals surface area contributed by atoms with Gasteiger partial charge in [0, 0.05) is 12.2 Å². The van der Waals surface area contributed by atoms with Gasteiger partial charge >= 0.3 is 5.97 Å². The molecule has 1 aliphatic rings. The molecule has 0 amide bonds. The van der Waals surface area contributed by atoms with E-state index in [1.54, 1.807) is 12.1 Å². The van der Waals surface area contributed by atoms with Crippen LogP contribution in [0.5, 0.6) is 0 Å². The monoisotopic (exact) mass is 343 g/mol. The standard InChI is InChI=1S/C20H22FNO3/c1-4-13-11-17-15(20(24)25-12(2)3)9-10-22(17)18(13)19(23)14-7-5-6-8-16(14)21/h5-8,11-12,15H,4,9-10H2,1-3H3. The number of aryl methyl sites for hydroxylation is 1. The average Bonchev–Trinajstić information content (AvgIpc) is 3.12. The first-order valence-electron chi connectivity index (χ1n) is 8.66. The number of aromatic nitrogens is 1. The Bertz CT molecular complexity index is 822. The molecule has 25 heavy (non-hydrogen) atoms. The number of ketones is 1. The van der Waals surface area contributed by atoms with Crippen molar-refractivity contribution in [1.29, 1.82) is 0 Å². The van der Waals surface area contributed by atoms with Crippen LogP contribution in [0.15, 0.2) is 30.3 Å². The summed E-state index contributed by atoms with van der Waals surface area (Å²) in [6.07, 6.45) is 1.06. The fraction of sp³-hybridized carbons (Fsp3) is 0.400. The largest absolute Gasteiger partial charge is 0.462 e. The van der Waals surface area contributed by atoms with E-state index >= 15 is 0 Å². The Kier molecular flexibility index (Phi) is 4.75. The fourth-order valence-electron chi connectivity index (χ4n) is 3.43. The molecule has 5 heteroatoms. The summed E-state index contributed by atoms with van der Waals surface area (Å²) in [6.45, 7) is 6.14. The second kappa shape index (κ2) is 6.82. The number of fused-ring (bicyclic) bond motifs is 1. The van der Waals surface area contributed by atoms with Crippen LogP contribution in [0.1, 0.15) is 60.4 Å². The quantitative estimate of drug-likeness (QED) is 0.612. The summed E-state index contributed by atoms with van der Waals surface area (Å²) in [5.74, 6) is -1.49. The first-order valence-corrected chi connectivity index (χ1v) is 8.66. The maximum atomic E-state index is 14.1. The molecule has 0 aliphatic carbocycles. The predicted molar refractivity (Wildman–Crippen MR) is 92.2 cm³/mol. The van der Waals surface area contributed by atoms with Gasteiger partial charge in [-0.3, -0.25) is 9.59 Å². The predicted octanol–water partition coefficient (Wildman–Crippen LogP) is 3.86. The maximum absolute atomic E-state index is 14.1. The van der Waals surface area contributed by atoms with Gasteiger partial charge in [-0.15, -0.1) is 0 Å². The fourth-order valence-corrected chi connectivity index (χ4v) is 3.43. The van der Waals surface area contributed by atoms with E-state index in [1.165, 1.54) is 12.1 Å². The molecule has 1 atom stereocenters. The van der Waals surface area contributed by atoms with E-state index in [1.807, 2.05) is 31.4 Å². The van der Waals surface area contributed by atoms with Crippen LogP contribution < -0.4 is 0 Å². The van der Waals surface area contributed by atoms with Gasteiger partial charge in [0.05, 0.1) is 23.3 Å². The van der Waals surface area contributed by atoms with Crippen molar-refractivity contribution in [3.8, 4) is 0 Å². The van der Waals surface area contributed by atoms with Gasteiger partial charge in [0.15, 0.2) is 0 Å². The van der Waals surface area contributed by atoms with Crippen molar-refractivity contribution in [2.75, 3.05) is 0 Å². The minimum atomic E-state index is -0.529. The smallest absolute Gasteiger partial charge is 0.315 e. The summed E-state index contributed by atoms with van der Waals surface area (Å²) < 4.78 is 21.3. The summed E-state index contributed by atoms with van der Waals surface area (Å²) in [6, 6.07) is 7.89. The minimum absolute atomic E-state index is 0.0614. The van der Waals surface area contributed by atoms with Crippen LogP contribution in [0, 0.1) is 5.82 Å². The van der Waals surface area contributed by atoms with E-state index in [2.05, 4.69) is 0 Å². The summed E-state index contributed by atoms with van der Waals surface area (Å²) in [5, 5.41) is 0. The molecular formula is C20H22FNO3. The van der Waals surface area contributed by atoms with Crippen molar-refractivity contribution in [2.45, 2.75) is 52.2 Å². The van der Waals surface area contributed by atoms with Crippen molar-refractivity contribution in [3.63, 3.8) is 0 Å². The highest BCUT2D eigenvalue weighted by Crippen LogP contribution is 2.35. The molecule has 2 aromatic rings. The third-order valence-corrected chi connectivity index (χ3v) is 4.56.